The van der Waals surface area contributed by atoms with Gasteiger partial charge in [0.25, 0.3) is 0 Å². The maximum Gasteiger partial charge on any atom is 0.168 e. The number of carbonyl (C=O) groups excluding carboxylic acids is 1. The van der Waals surface area contributed by atoms with E-state index in [1.54, 1.807) is 11.3 Å². The van der Waals surface area contributed by atoms with Crippen molar-refractivity contribution >= 4 is 49.0 Å². The zero-order valence-corrected chi connectivity index (χ0v) is 13.1. The highest BCUT2D eigenvalue weighted by molar-refractivity contribution is 9.12. The molecule has 0 aromatic carbocycles. The predicted molar refractivity (Wildman–Crippen MR) is 75.4 cm³/mol. The van der Waals surface area contributed by atoms with Gasteiger partial charge in [-0.05, 0) is 80.9 Å². The number of hydrogen-bond donors (Lipinski definition) is 0. The van der Waals surface area contributed by atoms with Crippen LogP contribution >= 0.6 is 43.2 Å². The molecule has 2 bridgehead atoms. The summed E-state index contributed by atoms with van der Waals surface area (Å²) in [4.78, 5) is 12.5. The first-order valence-corrected chi connectivity index (χ1v) is 8.56. The van der Waals surface area contributed by atoms with Gasteiger partial charge in [0, 0.05) is 11.5 Å². The van der Waals surface area contributed by atoms with E-state index in [0.717, 1.165) is 36.8 Å². The first-order valence-electron chi connectivity index (χ1n) is 6.16. The van der Waals surface area contributed by atoms with Crippen LogP contribution < -0.4 is 0 Å². The number of ketones is 1. The van der Waals surface area contributed by atoms with Crippen LogP contribution in [0.25, 0.3) is 0 Å². The van der Waals surface area contributed by atoms with Crippen molar-refractivity contribution in [2.45, 2.75) is 19.3 Å². The van der Waals surface area contributed by atoms with Gasteiger partial charge < -0.3 is 0 Å². The molecule has 1 heterocycles. The molecule has 0 N–H and O–H groups in total. The van der Waals surface area contributed by atoms with Crippen LogP contribution in [0, 0.1) is 29.6 Å². The van der Waals surface area contributed by atoms with E-state index in [9.17, 15) is 4.79 Å². The van der Waals surface area contributed by atoms with Gasteiger partial charge in [0.15, 0.2) is 5.78 Å². The minimum Gasteiger partial charge on any atom is -0.294 e. The summed E-state index contributed by atoms with van der Waals surface area (Å²) in [5.74, 6) is 3.99. The van der Waals surface area contributed by atoms with Gasteiger partial charge in [-0.1, -0.05) is 0 Å². The first-order chi connectivity index (χ1) is 8.16. The van der Waals surface area contributed by atoms with Gasteiger partial charge >= 0.3 is 0 Å². The van der Waals surface area contributed by atoms with E-state index in [0.29, 0.717) is 11.7 Å². The SMILES string of the molecule is O=C(c1cc(Br)sc1Br)C1C2C3CCC(C3)C12. The van der Waals surface area contributed by atoms with Crippen molar-refractivity contribution in [3.05, 3.63) is 19.2 Å². The standard InChI is InChI=1S/C13H12Br2OS/c14-8-4-7(13(15)17-8)12(16)11-9-5-1-2-6(3-5)10(9)11/h4-6,9-11H,1-3H2. The third-order valence-electron chi connectivity index (χ3n) is 4.96. The van der Waals surface area contributed by atoms with Crippen LogP contribution in [0.3, 0.4) is 0 Å². The molecular formula is C13H12Br2OS. The Hall–Kier alpha value is 0.330. The third-order valence-corrected chi connectivity index (χ3v) is 7.30. The Bertz CT molecular complexity index is 494. The monoisotopic (exact) mass is 374 g/mol. The molecule has 0 spiro atoms. The van der Waals surface area contributed by atoms with Crippen LogP contribution in [-0.4, -0.2) is 5.78 Å². The fraction of sp³-hybridized carbons (Fsp3) is 0.615. The van der Waals surface area contributed by atoms with Crippen LogP contribution in [0.5, 0.6) is 0 Å². The van der Waals surface area contributed by atoms with Crippen molar-refractivity contribution in [3.63, 3.8) is 0 Å². The van der Waals surface area contributed by atoms with Crippen molar-refractivity contribution in [3.8, 4) is 0 Å². The van der Waals surface area contributed by atoms with Crippen LogP contribution in [-0.2, 0) is 0 Å². The smallest absolute Gasteiger partial charge is 0.168 e. The van der Waals surface area contributed by atoms with Crippen molar-refractivity contribution in [1.82, 2.24) is 0 Å². The van der Waals surface area contributed by atoms with E-state index >= 15 is 0 Å². The quantitative estimate of drug-likeness (QED) is 0.681. The maximum atomic E-state index is 12.5. The zero-order valence-electron chi connectivity index (χ0n) is 9.16. The Morgan fingerprint density at radius 2 is 1.88 bits per heavy atom. The second kappa shape index (κ2) is 3.67. The Morgan fingerprint density at radius 1 is 1.24 bits per heavy atom. The molecule has 0 radical (unpaired) electrons. The molecule has 0 aliphatic heterocycles. The van der Waals surface area contributed by atoms with Crippen molar-refractivity contribution in [2.75, 3.05) is 0 Å². The van der Waals surface area contributed by atoms with E-state index in [-0.39, 0.29) is 0 Å². The summed E-state index contributed by atoms with van der Waals surface area (Å²) in [6.07, 6.45) is 4.17. The minimum atomic E-state index is 0.360. The number of fused-ring (bicyclic) bond motifs is 5. The molecule has 17 heavy (non-hydrogen) atoms. The fourth-order valence-electron chi connectivity index (χ4n) is 4.36. The Balaban J connectivity index is 1.62. The fourth-order valence-corrected chi connectivity index (χ4v) is 7.18. The molecule has 3 fully saturated rings. The minimum absolute atomic E-state index is 0.360. The topological polar surface area (TPSA) is 17.1 Å². The van der Waals surface area contributed by atoms with Gasteiger partial charge in [-0.3, -0.25) is 4.79 Å². The molecule has 4 atom stereocenters. The van der Waals surface area contributed by atoms with Crippen molar-refractivity contribution in [2.24, 2.45) is 29.6 Å². The lowest BCUT2D eigenvalue weighted by atomic mass is 9.97. The second-order valence-corrected chi connectivity index (χ2v) is 9.37. The van der Waals surface area contributed by atoms with E-state index < -0.39 is 0 Å². The lowest BCUT2D eigenvalue weighted by Crippen LogP contribution is -2.09. The molecule has 3 aliphatic rings. The molecule has 4 rings (SSSR count). The molecule has 4 unspecified atom stereocenters. The lowest BCUT2D eigenvalue weighted by molar-refractivity contribution is 0.0944. The van der Waals surface area contributed by atoms with Crippen molar-refractivity contribution in [1.29, 1.82) is 0 Å². The normalized spacial score (nSPS) is 41.6. The van der Waals surface area contributed by atoms with Gasteiger partial charge in [-0.2, -0.15) is 0 Å². The highest BCUT2D eigenvalue weighted by atomic mass is 79.9. The summed E-state index contributed by atoms with van der Waals surface area (Å²) in [5, 5.41) is 0. The van der Waals surface area contributed by atoms with Crippen LogP contribution in [0.4, 0.5) is 0 Å². The Labute approximate surface area is 121 Å². The van der Waals surface area contributed by atoms with Gasteiger partial charge in [-0.15, -0.1) is 11.3 Å². The number of Topliss-reactive ketones (excluding diaryl/α,β-unsaturated/α-hetero) is 1. The summed E-state index contributed by atoms with van der Waals surface area (Å²) in [7, 11) is 0. The average Bonchev–Trinajstić information content (AvgIpc) is 2.59. The number of rotatable bonds is 2. The van der Waals surface area contributed by atoms with E-state index in [1.807, 2.05) is 6.07 Å². The third kappa shape index (κ3) is 1.50. The molecule has 3 aliphatic carbocycles. The van der Waals surface area contributed by atoms with Crippen LogP contribution in [0.1, 0.15) is 29.6 Å². The van der Waals surface area contributed by atoms with Gasteiger partial charge in [-0.25, -0.2) is 0 Å². The largest absolute Gasteiger partial charge is 0.294 e. The average molecular weight is 376 g/mol. The number of thiophene rings is 1. The summed E-state index contributed by atoms with van der Waals surface area (Å²) >= 11 is 8.56. The molecule has 0 amide bonds. The zero-order chi connectivity index (χ0) is 11.7. The molecule has 90 valence electrons. The molecular weight excluding hydrogens is 364 g/mol. The first kappa shape index (κ1) is 11.2. The summed E-state index contributed by atoms with van der Waals surface area (Å²) in [6.45, 7) is 0. The van der Waals surface area contributed by atoms with Crippen LogP contribution in [0.2, 0.25) is 0 Å². The van der Waals surface area contributed by atoms with E-state index in [2.05, 4.69) is 31.9 Å². The summed E-state index contributed by atoms with van der Waals surface area (Å²) in [6, 6.07) is 1.98. The molecule has 3 saturated carbocycles. The molecule has 1 aromatic heterocycles. The van der Waals surface area contributed by atoms with Gasteiger partial charge in [0.1, 0.15) is 0 Å². The van der Waals surface area contributed by atoms with Gasteiger partial charge in [0.05, 0.1) is 7.57 Å². The highest BCUT2D eigenvalue weighted by Gasteiger charge is 2.67. The Kier molecular flexibility index (Phi) is 2.41. The highest BCUT2D eigenvalue weighted by Crippen LogP contribution is 2.70. The number of hydrogen-bond acceptors (Lipinski definition) is 2. The van der Waals surface area contributed by atoms with E-state index in [4.69, 9.17) is 0 Å². The predicted octanol–water partition coefficient (Wildman–Crippen LogP) is 4.75. The Morgan fingerprint density at radius 3 is 2.41 bits per heavy atom. The molecule has 1 nitrogen and oxygen atoms in total. The molecule has 1 aromatic rings. The van der Waals surface area contributed by atoms with Gasteiger partial charge in [0.2, 0.25) is 0 Å². The van der Waals surface area contributed by atoms with E-state index in [1.165, 1.54) is 19.3 Å². The molecule has 0 saturated heterocycles. The second-order valence-electron chi connectivity index (χ2n) is 5.62. The number of halogens is 2. The molecule has 4 heteroatoms. The lowest BCUT2D eigenvalue weighted by Gasteiger charge is -2.06. The maximum absolute atomic E-state index is 12.5. The number of carbonyl (C=O) groups is 1. The van der Waals surface area contributed by atoms with Crippen LogP contribution in [0.15, 0.2) is 13.6 Å². The van der Waals surface area contributed by atoms with Crippen molar-refractivity contribution < 1.29 is 4.79 Å². The summed E-state index contributed by atoms with van der Waals surface area (Å²) in [5.41, 5.74) is 0.903. The summed E-state index contributed by atoms with van der Waals surface area (Å²) < 4.78 is 2.04.